The van der Waals surface area contributed by atoms with Crippen molar-refractivity contribution in [3.63, 3.8) is 0 Å². The van der Waals surface area contributed by atoms with Crippen LogP contribution in [-0.2, 0) is 23.1 Å². The number of para-hydroxylation sites is 1. The summed E-state index contributed by atoms with van der Waals surface area (Å²) in [6, 6.07) is 8.32. The van der Waals surface area contributed by atoms with Crippen molar-refractivity contribution in [1.82, 2.24) is 9.88 Å². The highest BCUT2D eigenvalue weighted by Crippen LogP contribution is 2.24. The van der Waals surface area contributed by atoms with E-state index in [0.717, 1.165) is 0 Å². The van der Waals surface area contributed by atoms with Gasteiger partial charge in [-0.25, -0.2) is 0 Å². The molecule has 0 saturated carbocycles. The van der Waals surface area contributed by atoms with Gasteiger partial charge in [0, 0.05) is 30.2 Å². The van der Waals surface area contributed by atoms with Crippen molar-refractivity contribution in [1.29, 1.82) is 0 Å². The van der Waals surface area contributed by atoms with Gasteiger partial charge in [-0.1, -0.05) is 18.2 Å². The highest BCUT2D eigenvalue weighted by atomic mass is 16.5. The maximum atomic E-state index is 11.3. The van der Waals surface area contributed by atoms with Crippen LogP contribution in [0.3, 0.4) is 0 Å². The largest absolute Gasteiger partial charge is 0.465 e. The van der Waals surface area contributed by atoms with Gasteiger partial charge >= 0.3 is 5.97 Å². The summed E-state index contributed by atoms with van der Waals surface area (Å²) in [6.45, 7) is 5.26. The minimum absolute atomic E-state index is 0.209. The number of nitrogens with one attached hydrogen (secondary N) is 1. The molecule has 2 rings (SSSR count). The van der Waals surface area contributed by atoms with Crippen LogP contribution in [0.25, 0.3) is 10.9 Å². The van der Waals surface area contributed by atoms with Crippen LogP contribution in [-0.4, -0.2) is 23.7 Å². The van der Waals surface area contributed by atoms with Crippen molar-refractivity contribution in [3.05, 3.63) is 35.5 Å². The first-order chi connectivity index (χ1) is 9.15. The number of ether oxygens (including phenoxy) is 1. The Morgan fingerprint density at radius 2 is 2.11 bits per heavy atom. The summed E-state index contributed by atoms with van der Waals surface area (Å²) in [5.74, 6) is -0.209. The number of fused-ring (bicyclic) bond motifs is 1. The molecule has 1 heterocycles. The molecule has 2 aromatic rings. The van der Waals surface area contributed by atoms with E-state index in [0.29, 0.717) is 13.2 Å². The number of nitrogens with zero attached hydrogens (tertiary/aromatic N) is 1. The predicted molar refractivity (Wildman–Crippen MR) is 76.0 cm³/mol. The van der Waals surface area contributed by atoms with E-state index >= 15 is 0 Å². The lowest BCUT2D eigenvalue weighted by atomic mass is 10.1. The second-order valence-corrected chi connectivity index (χ2v) is 4.56. The third kappa shape index (κ3) is 2.79. The maximum absolute atomic E-state index is 11.3. The Hall–Kier alpha value is -1.81. The Balaban J connectivity index is 2.11. The zero-order valence-electron chi connectivity index (χ0n) is 11.7. The molecular formula is C15H20N2O2. The zero-order chi connectivity index (χ0) is 13.8. The first-order valence-corrected chi connectivity index (χ1v) is 6.54. The molecule has 0 spiro atoms. The number of esters is 1. The molecule has 0 aliphatic heterocycles. The quantitative estimate of drug-likeness (QED) is 0.838. The van der Waals surface area contributed by atoms with Crippen molar-refractivity contribution >= 4 is 16.9 Å². The molecular weight excluding hydrogens is 240 g/mol. The SMILES string of the molecule is CCOC(=O)CNCc1c(C)c2ccccc2n1C. The number of aromatic nitrogens is 1. The van der Waals surface area contributed by atoms with Crippen LogP contribution in [0.4, 0.5) is 0 Å². The lowest BCUT2D eigenvalue weighted by Gasteiger charge is -2.07. The monoisotopic (exact) mass is 260 g/mol. The Labute approximate surface area is 113 Å². The van der Waals surface area contributed by atoms with E-state index in [4.69, 9.17) is 4.74 Å². The fraction of sp³-hybridized carbons (Fsp3) is 0.400. The van der Waals surface area contributed by atoms with Crippen LogP contribution in [0.1, 0.15) is 18.2 Å². The van der Waals surface area contributed by atoms with Crippen LogP contribution in [0.5, 0.6) is 0 Å². The molecule has 1 aromatic heterocycles. The summed E-state index contributed by atoms with van der Waals surface area (Å²) in [4.78, 5) is 11.3. The van der Waals surface area contributed by atoms with Crippen LogP contribution in [0.15, 0.2) is 24.3 Å². The lowest BCUT2D eigenvalue weighted by molar-refractivity contribution is -0.142. The summed E-state index contributed by atoms with van der Waals surface area (Å²) in [6.07, 6.45) is 0. The van der Waals surface area contributed by atoms with Gasteiger partial charge in [-0.15, -0.1) is 0 Å². The molecule has 0 saturated heterocycles. The van der Waals surface area contributed by atoms with E-state index < -0.39 is 0 Å². The van der Waals surface area contributed by atoms with Gasteiger partial charge in [-0.05, 0) is 25.5 Å². The fourth-order valence-corrected chi connectivity index (χ4v) is 2.38. The second-order valence-electron chi connectivity index (χ2n) is 4.56. The van der Waals surface area contributed by atoms with Crippen LogP contribution < -0.4 is 5.32 Å². The Morgan fingerprint density at radius 3 is 2.79 bits per heavy atom. The molecule has 4 heteroatoms. The van der Waals surface area contributed by atoms with E-state index in [1.54, 1.807) is 0 Å². The van der Waals surface area contributed by atoms with Crippen LogP contribution in [0.2, 0.25) is 0 Å². The molecule has 0 aliphatic carbocycles. The van der Waals surface area contributed by atoms with Gasteiger partial charge in [0.15, 0.2) is 0 Å². The summed E-state index contributed by atoms with van der Waals surface area (Å²) in [5, 5.41) is 4.40. The van der Waals surface area contributed by atoms with E-state index in [1.165, 1.54) is 22.2 Å². The van der Waals surface area contributed by atoms with E-state index in [9.17, 15) is 4.79 Å². The average molecular weight is 260 g/mol. The highest BCUT2D eigenvalue weighted by molar-refractivity contribution is 5.85. The Kier molecular flexibility index (Phi) is 4.22. The lowest BCUT2D eigenvalue weighted by Crippen LogP contribution is -2.25. The molecule has 4 nitrogen and oxygen atoms in total. The number of carbonyl (C=O) groups is 1. The number of hydrogen-bond donors (Lipinski definition) is 1. The standard InChI is InChI=1S/C15H20N2O2/c1-4-19-15(18)10-16-9-14-11(2)12-7-5-6-8-13(12)17(14)3/h5-8,16H,4,9-10H2,1-3H3. The van der Waals surface area contributed by atoms with Gasteiger partial charge in [0.1, 0.15) is 0 Å². The molecule has 102 valence electrons. The second kappa shape index (κ2) is 5.89. The molecule has 1 N–H and O–H groups in total. The normalized spacial score (nSPS) is 10.9. The molecule has 1 aromatic carbocycles. The molecule has 0 atom stereocenters. The third-order valence-electron chi connectivity index (χ3n) is 3.37. The van der Waals surface area contributed by atoms with Crippen molar-refractivity contribution in [2.45, 2.75) is 20.4 Å². The number of carbonyl (C=O) groups excluding carboxylic acids is 1. The van der Waals surface area contributed by atoms with Gasteiger partial charge in [0.05, 0.1) is 13.2 Å². The van der Waals surface area contributed by atoms with Gasteiger partial charge in [0.25, 0.3) is 0 Å². The molecule has 0 amide bonds. The highest BCUT2D eigenvalue weighted by Gasteiger charge is 2.11. The van der Waals surface area contributed by atoms with Gasteiger partial charge in [0.2, 0.25) is 0 Å². The summed E-state index contributed by atoms with van der Waals surface area (Å²) in [5.41, 5.74) is 3.67. The van der Waals surface area contributed by atoms with Gasteiger partial charge in [-0.3, -0.25) is 4.79 Å². The van der Waals surface area contributed by atoms with Crippen molar-refractivity contribution in [3.8, 4) is 0 Å². The molecule has 19 heavy (non-hydrogen) atoms. The van der Waals surface area contributed by atoms with Crippen molar-refractivity contribution in [2.75, 3.05) is 13.2 Å². The van der Waals surface area contributed by atoms with Crippen LogP contribution >= 0.6 is 0 Å². The average Bonchev–Trinajstić information content (AvgIpc) is 2.65. The summed E-state index contributed by atoms with van der Waals surface area (Å²) >= 11 is 0. The van der Waals surface area contributed by atoms with E-state index in [1.807, 2.05) is 19.1 Å². The smallest absolute Gasteiger partial charge is 0.319 e. The first-order valence-electron chi connectivity index (χ1n) is 6.54. The molecule has 0 aliphatic rings. The number of benzene rings is 1. The maximum Gasteiger partial charge on any atom is 0.319 e. The minimum atomic E-state index is -0.209. The van der Waals surface area contributed by atoms with Gasteiger partial charge in [-0.2, -0.15) is 0 Å². The van der Waals surface area contributed by atoms with Gasteiger partial charge < -0.3 is 14.6 Å². The summed E-state index contributed by atoms with van der Waals surface area (Å²) in [7, 11) is 2.05. The van der Waals surface area contributed by atoms with Crippen LogP contribution in [0, 0.1) is 6.92 Å². The number of aryl methyl sites for hydroxylation is 2. The van der Waals surface area contributed by atoms with E-state index in [-0.39, 0.29) is 12.5 Å². The van der Waals surface area contributed by atoms with Crippen molar-refractivity contribution in [2.24, 2.45) is 7.05 Å². The topological polar surface area (TPSA) is 43.3 Å². The minimum Gasteiger partial charge on any atom is -0.465 e. The molecule has 0 fully saturated rings. The predicted octanol–water partition coefficient (Wildman–Crippen LogP) is 2.14. The first kappa shape index (κ1) is 13.6. The number of rotatable bonds is 5. The summed E-state index contributed by atoms with van der Waals surface area (Å²) < 4.78 is 7.06. The zero-order valence-corrected chi connectivity index (χ0v) is 11.7. The van der Waals surface area contributed by atoms with Crippen molar-refractivity contribution < 1.29 is 9.53 Å². The molecule has 0 bridgehead atoms. The molecule has 0 radical (unpaired) electrons. The third-order valence-corrected chi connectivity index (χ3v) is 3.37. The van der Waals surface area contributed by atoms with E-state index in [2.05, 4.69) is 36.0 Å². The fourth-order valence-electron chi connectivity index (χ4n) is 2.38. The Bertz CT molecular complexity index is 548. The number of hydrogen-bond acceptors (Lipinski definition) is 3. The molecule has 0 unspecified atom stereocenters. The Morgan fingerprint density at radius 1 is 1.37 bits per heavy atom.